The van der Waals surface area contributed by atoms with Crippen molar-refractivity contribution < 1.29 is 9.53 Å². The minimum atomic E-state index is -0.285. The van der Waals surface area contributed by atoms with E-state index in [1.807, 2.05) is 0 Å². The molecule has 1 unspecified atom stereocenters. The van der Waals surface area contributed by atoms with E-state index in [0.29, 0.717) is 6.61 Å². The lowest BCUT2D eigenvalue weighted by Crippen LogP contribution is -2.09. The van der Waals surface area contributed by atoms with Crippen LogP contribution < -0.4 is 0 Å². The molecule has 0 fully saturated rings. The third kappa shape index (κ3) is 16.1. The van der Waals surface area contributed by atoms with Crippen molar-refractivity contribution in [2.75, 3.05) is 6.61 Å². The molecule has 0 aliphatic heterocycles. The van der Waals surface area contributed by atoms with Gasteiger partial charge in [0.2, 0.25) is 0 Å². The van der Waals surface area contributed by atoms with Crippen LogP contribution in [0.4, 0.5) is 0 Å². The Kier molecular flexibility index (Phi) is 17.9. The van der Waals surface area contributed by atoms with Crippen molar-refractivity contribution in [1.82, 2.24) is 0 Å². The molecule has 0 amide bonds. The summed E-state index contributed by atoms with van der Waals surface area (Å²) in [6.07, 6.45) is 21.2. The first kappa shape index (κ1) is 23.2. The van der Waals surface area contributed by atoms with Gasteiger partial charge in [-0.2, -0.15) is 0 Å². The smallest absolute Gasteiger partial charge is 0.330 e. The summed E-state index contributed by atoms with van der Waals surface area (Å²) < 4.78 is 5.18. The molecule has 0 aromatic carbocycles. The summed E-state index contributed by atoms with van der Waals surface area (Å²) in [5.41, 5.74) is 0. The van der Waals surface area contributed by atoms with Crippen LogP contribution in [0, 0.1) is 5.92 Å². The lowest BCUT2D eigenvalue weighted by atomic mass is 9.92. The average Bonchev–Trinajstić information content (AvgIpc) is 2.59. The molecule has 2 nitrogen and oxygen atoms in total. The summed E-state index contributed by atoms with van der Waals surface area (Å²) in [5.74, 6) is 0.438. The quantitative estimate of drug-likeness (QED) is 0.150. The second kappa shape index (κ2) is 18.5. The molecule has 0 saturated heterocycles. The van der Waals surface area contributed by atoms with Crippen LogP contribution >= 0.6 is 0 Å². The van der Waals surface area contributed by atoms with Gasteiger partial charge in [0.05, 0.1) is 6.61 Å². The highest BCUT2D eigenvalue weighted by Gasteiger charge is 2.10. The van der Waals surface area contributed by atoms with Crippen LogP contribution in [0.25, 0.3) is 0 Å². The minimum absolute atomic E-state index is 0.285. The van der Waals surface area contributed by atoms with E-state index in [-0.39, 0.29) is 5.97 Å². The number of hydrogen-bond acceptors (Lipinski definition) is 2. The summed E-state index contributed by atoms with van der Waals surface area (Å²) in [6.45, 7) is 8.54. The predicted molar refractivity (Wildman–Crippen MR) is 105 cm³/mol. The first-order valence-corrected chi connectivity index (χ1v) is 10.5. The second-order valence-electron chi connectivity index (χ2n) is 7.14. The van der Waals surface area contributed by atoms with Gasteiger partial charge in [0.15, 0.2) is 0 Å². The van der Waals surface area contributed by atoms with Crippen LogP contribution in [0.15, 0.2) is 12.7 Å². The third-order valence-corrected chi connectivity index (χ3v) is 4.87. The summed E-state index contributed by atoms with van der Waals surface area (Å²) in [5, 5.41) is 0. The average molecular weight is 339 g/mol. The SMILES string of the molecule is C=CC(=O)OCCC(CCCCCCC)CCCCCCCCC. The number of hydrogen-bond donors (Lipinski definition) is 0. The Morgan fingerprint density at radius 1 is 0.792 bits per heavy atom. The number of rotatable bonds is 18. The highest BCUT2D eigenvalue weighted by Crippen LogP contribution is 2.22. The van der Waals surface area contributed by atoms with E-state index >= 15 is 0 Å². The summed E-state index contributed by atoms with van der Waals surface area (Å²) in [4.78, 5) is 11.2. The van der Waals surface area contributed by atoms with E-state index in [4.69, 9.17) is 4.74 Å². The second-order valence-corrected chi connectivity index (χ2v) is 7.14. The topological polar surface area (TPSA) is 26.3 Å². The van der Waals surface area contributed by atoms with Gasteiger partial charge in [0.25, 0.3) is 0 Å². The maximum atomic E-state index is 11.2. The lowest BCUT2D eigenvalue weighted by molar-refractivity contribution is -0.138. The van der Waals surface area contributed by atoms with E-state index in [2.05, 4.69) is 20.4 Å². The molecule has 0 saturated carbocycles. The Morgan fingerprint density at radius 2 is 1.25 bits per heavy atom. The lowest BCUT2D eigenvalue weighted by Gasteiger charge is -2.17. The maximum Gasteiger partial charge on any atom is 0.330 e. The van der Waals surface area contributed by atoms with Gasteiger partial charge >= 0.3 is 5.97 Å². The Labute approximate surface area is 151 Å². The Bertz CT molecular complexity index is 286. The number of ether oxygens (including phenoxy) is 1. The first-order valence-electron chi connectivity index (χ1n) is 10.5. The van der Waals surface area contributed by atoms with Gasteiger partial charge in [0, 0.05) is 6.08 Å². The molecule has 24 heavy (non-hydrogen) atoms. The van der Waals surface area contributed by atoms with Crippen LogP contribution in [0.2, 0.25) is 0 Å². The fourth-order valence-electron chi connectivity index (χ4n) is 3.24. The molecule has 0 N–H and O–H groups in total. The van der Waals surface area contributed by atoms with Gasteiger partial charge < -0.3 is 4.74 Å². The van der Waals surface area contributed by atoms with Crippen molar-refractivity contribution in [3.8, 4) is 0 Å². The molecule has 0 spiro atoms. The van der Waals surface area contributed by atoms with Crippen molar-refractivity contribution in [3.63, 3.8) is 0 Å². The molecule has 1 atom stereocenters. The molecule has 0 radical (unpaired) electrons. The molecule has 0 rings (SSSR count). The number of carbonyl (C=O) groups excluding carboxylic acids is 1. The van der Waals surface area contributed by atoms with Gasteiger partial charge in [0.1, 0.15) is 0 Å². The Balaban J connectivity index is 3.84. The summed E-state index contributed by atoms with van der Waals surface area (Å²) in [6, 6.07) is 0. The highest BCUT2D eigenvalue weighted by molar-refractivity contribution is 5.81. The number of carbonyl (C=O) groups is 1. The molecular formula is C22H42O2. The molecule has 2 heteroatoms. The van der Waals surface area contributed by atoms with Gasteiger partial charge in [-0.05, 0) is 12.3 Å². The zero-order valence-electron chi connectivity index (χ0n) is 16.5. The number of esters is 1. The zero-order valence-corrected chi connectivity index (χ0v) is 16.5. The van der Waals surface area contributed by atoms with Gasteiger partial charge in [-0.3, -0.25) is 0 Å². The molecule has 0 heterocycles. The molecule has 0 aromatic rings. The van der Waals surface area contributed by atoms with E-state index in [9.17, 15) is 4.79 Å². The predicted octanol–water partition coefficient (Wildman–Crippen LogP) is 7.22. The monoisotopic (exact) mass is 338 g/mol. The van der Waals surface area contributed by atoms with Crippen molar-refractivity contribution >= 4 is 5.97 Å². The third-order valence-electron chi connectivity index (χ3n) is 4.87. The fraction of sp³-hybridized carbons (Fsp3) is 0.864. The Morgan fingerprint density at radius 3 is 1.71 bits per heavy atom. The molecule has 0 bridgehead atoms. The van der Waals surface area contributed by atoms with Crippen molar-refractivity contribution in [2.45, 2.75) is 110 Å². The van der Waals surface area contributed by atoms with E-state index in [1.54, 1.807) is 0 Å². The normalized spacial score (nSPS) is 12.1. The van der Waals surface area contributed by atoms with Gasteiger partial charge in [-0.15, -0.1) is 0 Å². The van der Waals surface area contributed by atoms with Crippen LogP contribution in [0.1, 0.15) is 110 Å². The van der Waals surface area contributed by atoms with E-state index < -0.39 is 0 Å². The maximum absolute atomic E-state index is 11.2. The summed E-state index contributed by atoms with van der Waals surface area (Å²) >= 11 is 0. The van der Waals surface area contributed by atoms with Gasteiger partial charge in [-0.25, -0.2) is 4.79 Å². The van der Waals surface area contributed by atoms with Crippen molar-refractivity contribution in [2.24, 2.45) is 5.92 Å². The summed E-state index contributed by atoms with van der Waals surface area (Å²) in [7, 11) is 0. The molecular weight excluding hydrogens is 296 g/mol. The Hall–Kier alpha value is -0.790. The molecule has 142 valence electrons. The largest absolute Gasteiger partial charge is 0.463 e. The van der Waals surface area contributed by atoms with Crippen LogP contribution in [-0.2, 0) is 9.53 Å². The molecule has 0 aromatic heterocycles. The van der Waals surface area contributed by atoms with Gasteiger partial charge in [-0.1, -0.05) is 110 Å². The first-order chi connectivity index (χ1) is 11.7. The molecule has 0 aliphatic carbocycles. The fourth-order valence-corrected chi connectivity index (χ4v) is 3.24. The highest BCUT2D eigenvalue weighted by atomic mass is 16.5. The standard InChI is InChI=1S/C22H42O2/c1-4-7-9-11-12-14-16-18-21(17-15-13-10-8-5-2)19-20-24-22(23)6-3/h6,21H,3-5,7-20H2,1-2H3. The van der Waals surface area contributed by atoms with E-state index in [0.717, 1.165) is 12.3 Å². The van der Waals surface area contributed by atoms with E-state index in [1.165, 1.54) is 96.0 Å². The molecule has 0 aliphatic rings. The zero-order chi connectivity index (χ0) is 17.9. The van der Waals surface area contributed by atoms with Crippen LogP contribution in [-0.4, -0.2) is 12.6 Å². The van der Waals surface area contributed by atoms with Crippen molar-refractivity contribution in [1.29, 1.82) is 0 Å². The van der Waals surface area contributed by atoms with Crippen LogP contribution in [0.5, 0.6) is 0 Å². The number of unbranched alkanes of at least 4 members (excludes halogenated alkanes) is 10. The minimum Gasteiger partial charge on any atom is -0.463 e. The van der Waals surface area contributed by atoms with Crippen molar-refractivity contribution in [3.05, 3.63) is 12.7 Å². The van der Waals surface area contributed by atoms with Crippen LogP contribution in [0.3, 0.4) is 0 Å².